The molecule has 100 valence electrons. The summed E-state index contributed by atoms with van der Waals surface area (Å²) in [7, 11) is 0. The minimum Gasteiger partial charge on any atom is -0.323 e. The van der Waals surface area contributed by atoms with E-state index in [4.69, 9.17) is 5.73 Å². The zero-order valence-corrected chi connectivity index (χ0v) is 12.2. The van der Waals surface area contributed by atoms with Crippen LogP contribution in [0.3, 0.4) is 0 Å². The molecule has 1 aliphatic heterocycles. The van der Waals surface area contributed by atoms with Gasteiger partial charge in [0.15, 0.2) is 0 Å². The lowest BCUT2D eigenvalue weighted by Crippen LogP contribution is -2.66. The standard InChI is InChI=1S/C16H26N2/c1-5-6-16(17)10-18(11-16)9-15-13(3)7-12(2)8-14(15)4/h7-8H,5-6,9-11,17H2,1-4H3. The zero-order valence-electron chi connectivity index (χ0n) is 12.2. The summed E-state index contributed by atoms with van der Waals surface area (Å²) in [5, 5.41) is 0. The van der Waals surface area contributed by atoms with Gasteiger partial charge in [0.25, 0.3) is 0 Å². The van der Waals surface area contributed by atoms with Crippen LogP contribution in [0.4, 0.5) is 0 Å². The first-order valence-electron chi connectivity index (χ1n) is 7.01. The molecule has 18 heavy (non-hydrogen) atoms. The minimum atomic E-state index is 0.0846. The molecule has 0 saturated carbocycles. The largest absolute Gasteiger partial charge is 0.323 e. The van der Waals surface area contributed by atoms with Crippen molar-refractivity contribution in [3.8, 4) is 0 Å². The summed E-state index contributed by atoms with van der Waals surface area (Å²) in [5.41, 5.74) is 12.1. The molecule has 0 unspecified atom stereocenters. The van der Waals surface area contributed by atoms with Crippen LogP contribution < -0.4 is 5.73 Å². The van der Waals surface area contributed by atoms with Crippen LogP contribution in [-0.2, 0) is 6.54 Å². The molecule has 2 nitrogen and oxygen atoms in total. The number of hydrogen-bond donors (Lipinski definition) is 1. The van der Waals surface area contributed by atoms with Crippen molar-refractivity contribution in [2.45, 2.75) is 52.6 Å². The van der Waals surface area contributed by atoms with Gasteiger partial charge in [-0.05, 0) is 43.9 Å². The Morgan fingerprint density at radius 1 is 1.17 bits per heavy atom. The molecule has 0 aromatic heterocycles. The van der Waals surface area contributed by atoms with Gasteiger partial charge in [-0.25, -0.2) is 0 Å². The van der Waals surface area contributed by atoms with Crippen molar-refractivity contribution in [3.05, 3.63) is 34.4 Å². The van der Waals surface area contributed by atoms with E-state index in [1.807, 2.05) is 0 Å². The summed E-state index contributed by atoms with van der Waals surface area (Å²) in [5.74, 6) is 0. The number of likely N-dealkylation sites (tertiary alicyclic amines) is 1. The predicted molar refractivity (Wildman–Crippen MR) is 77.8 cm³/mol. The Labute approximate surface area is 111 Å². The normalized spacial score (nSPS) is 18.7. The van der Waals surface area contributed by atoms with Crippen LogP contribution in [0.2, 0.25) is 0 Å². The van der Waals surface area contributed by atoms with Gasteiger partial charge < -0.3 is 5.73 Å². The highest BCUT2D eigenvalue weighted by atomic mass is 15.2. The van der Waals surface area contributed by atoms with E-state index in [2.05, 4.69) is 44.7 Å². The summed E-state index contributed by atoms with van der Waals surface area (Å²) >= 11 is 0. The number of hydrogen-bond acceptors (Lipinski definition) is 2. The fourth-order valence-corrected chi connectivity index (χ4v) is 3.30. The molecule has 1 aromatic carbocycles. The Hall–Kier alpha value is -0.860. The van der Waals surface area contributed by atoms with Gasteiger partial charge >= 0.3 is 0 Å². The number of rotatable bonds is 4. The average molecular weight is 246 g/mol. The summed E-state index contributed by atoms with van der Waals surface area (Å²) in [4.78, 5) is 2.47. The van der Waals surface area contributed by atoms with E-state index in [1.165, 1.54) is 28.7 Å². The predicted octanol–water partition coefficient (Wildman–Crippen LogP) is 2.93. The molecule has 1 aromatic rings. The van der Waals surface area contributed by atoms with E-state index in [1.54, 1.807) is 0 Å². The maximum Gasteiger partial charge on any atom is 0.0412 e. The SMILES string of the molecule is CCCC1(N)CN(Cc2c(C)cc(C)cc2C)C1. The van der Waals surface area contributed by atoms with E-state index in [0.717, 1.165) is 26.1 Å². The molecule has 1 heterocycles. The third-order valence-corrected chi connectivity index (χ3v) is 4.05. The van der Waals surface area contributed by atoms with Gasteiger partial charge in [0, 0.05) is 25.2 Å². The van der Waals surface area contributed by atoms with Crippen LogP contribution in [0.15, 0.2) is 12.1 Å². The summed E-state index contributed by atoms with van der Waals surface area (Å²) < 4.78 is 0. The molecule has 2 N–H and O–H groups in total. The van der Waals surface area contributed by atoms with Crippen molar-refractivity contribution < 1.29 is 0 Å². The zero-order chi connectivity index (χ0) is 13.3. The van der Waals surface area contributed by atoms with E-state index >= 15 is 0 Å². The van der Waals surface area contributed by atoms with Crippen molar-refractivity contribution in [1.82, 2.24) is 4.90 Å². The van der Waals surface area contributed by atoms with Gasteiger partial charge in [-0.15, -0.1) is 0 Å². The van der Waals surface area contributed by atoms with Crippen molar-refractivity contribution in [1.29, 1.82) is 0 Å². The smallest absolute Gasteiger partial charge is 0.0412 e. The molecule has 1 fully saturated rings. The number of nitrogens with zero attached hydrogens (tertiary/aromatic N) is 1. The van der Waals surface area contributed by atoms with Crippen molar-refractivity contribution >= 4 is 0 Å². The first kappa shape index (κ1) is 13.6. The summed E-state index contributed by atoms with van der Waals surface area (Å²) in [6, 6.07) is 4.56. The van der Waals surface area contributed by atoms with Crippen LogP contribution in [0.25, 0.3) is 0 Å². The molecule has 1 saturated heterocycles. The summed E-state index contributed by atoms with van der Waals surface area (Å²) in [6.45, 7) is 12.0. The summed E-state index contributed by atoms with van der Waals surface area (Å²) in [6.07, 6.45) is 2.34. The van der Waals surface area contributed by atoms with E-state index in [-0.39, 0.29) is 5.54 Å². The Morgan fingerprint density at radius 3 is 2.22 bits per heavy atom. The Kier molecular flexibility index (Phi) is 3.79. The molecule has 0 amide bonds. The first-order chi connectivity index (χ1) is 8.43. The molecule has 0 bridgehead atoms. The fourth-order valence-electron chi connectivity index (χ4n) is 3.30. The topological polar surface area (TPSA) is 29.3 Å². The lowest BCUT2D eigenvalue weighted by molar-refractivity contribution is 0.0564. The monoisotopic (exact) mass is 246 g/mol. The lowest BCUT2D eigenvalue weighted by atomic mass is 9.85. The van der Waals surface area contributed by atoms with E-state index in [9.17, 15) is 0 Å². The molecule has 0 atom stereocenters. The second-order valence-electron chi connectivity index (χ2n) is 6.13. The second-order valence-corrected chi connectivity index (χ2v) is 6.13. The molecular weight excluding hydrogens is 220 g/mol. The minimum absolute atomic E-state index is 0.0846. The van der Waals surface area contributed by atoms with Crippen LogP contribution >= 0.6 is 0 Å². The Morgan fingerprint density at radius 2 is 1.72 bits per heavy atom. The fraction of sp³-hybridized carbons (Fsp3) is 0.625. The average Bonchev–Trinajstić information content (AvgIpc) is 2.20. The molecule has 0 radical (unpaired) electrons. The van der Waals surface area contributed by atoms with Crippen molar-refractivity contribution in [3.63, 3.8) is 0 Å². The van der Waals surface area contributed by atoms with Gasteiger partial charge in [0.2, 0.25) is 0 Å². The second kappa shape index (κ2) is 5.02. The third kappa shape index (κ3) is 2.76. The molecule has 2 heteroatoms. The number of benzene rings is 1. The van der Waals surface area contributed by atoms with Crippen LogP contribution in [0, 0.1) is 20.8 Å². The molecular formula is C16H26N2. The Balaban J connectivity index is 2.01. The van der Waals surface area contributed by atoms with Crippen LogP contribution in [-0.4, -0.2) is 23.5 Å². The molecule has 0 spiro atoms. The van der Waals surface area contributed by atoms with Crippen molar-refractivity contribution in [2.75, 3.05) is 13.1 Å². The van der Waals surface area contributed by atoms with E-state index < -0.39 is 0 Å². The maximum atomic E-state index is 6.32. The molecule has 2 rings (SSSR count). The Bertz CT molecular complexity index is 408. The highest BCUT2D eigenvalue weighted by Gasteiger charge is 2.38. The van der Waals surface area contributed by atoms with Crippen LogP contribution in [0.1, 0.15) is 42.0 Å². The van der Waals surface area contributed by atoms with Crippen molar-refractivity contribution in [2.24, 2.45) is 5.73 Å². The third-order valence-electron chi connectivity index (χ3n) is 4.05. The lowest BCUT2D eigenvalue weighted by Gasteiger charge is -2.48. The molecule has 1 aliphatic rings. The number of aryl methyl sites for hydroxylation is 3. The highest BCUT2D eigenvalue weighted by Crippen LogP contribution is 2.27. The van der Waals surface area contributed by atoms with Crippen LogP contribution in [0.5, 0.6) is 0 Å². The molecule has 0 aliphatic carbocycles. The van der Waals surface area contributed by atoms with Gasteiger partial charge in [-0.3, -0.25) is 4.90 Å². The van der Waals surface area contributed by atoms with Gasteiger partial charge in [0.05, 0.1) is 0 Å². The number of nitrogens with two attached hydrogens (primary N) is 1. The van der Waals surface area contributed by atoms with E-state index in [0.29, 0.717) is 0 Å². The quantitative estimate of drug-likeness (QED) is 0.885. The highest BCUT2D eigenvalue weighted by molar-refractivity contribution is 5.37. The first-order valence-corrected chi connectivity index (χ1v) is 7.01. The van der Waals surface area contributed by atoms with Gasteiger partial charge in [-0.1, -0.05) is 31.0 Å². The van der Waals surface area contributed by atoms with Gasteiger partial charge in [-0.2, -0.15) is 0 Å². The maximum absolute atomic E-state index is 6.32. The van der Waals surface area contributed by atoms with Gasteiger partial charge in [0.1, 0.15) is 0 Å².